The first kappa shape index (κ1) is 18.7. The third-order valence-corrected chi connectivity index (χ3v) is 6.75. The quantitative estimate of drug-likeness (QED) is 0.835. The molecule has 0 aromatic heterocycles. The van der Waals surface area contributed by atoms with Gasteiger partial charge < -0.3 is 15.5 Å². The molecule has 0 unspecified atom stereocenters. The molecule has 26 heavy (non-hydrogen) atoms. The first-order valence-electron chi connectivity index (χ1n) is 9.07. The lowest BCUT2D eigenvalue weighted by molar-refractivity contribution is 0.0724. The molecular formula is C18H25N3O4S. The number of carbonyl (C=O) groups is 2. The Kier molecular flexibility index (Phi) is 5.80. The molecular weight excluding hydrogens is 354 g/mol. The summed E-state index contributed by atoms with van der Waals surface area (Å²) in [7, 11) is -2.93. The molecule has 1 aromatic carbocycles. The van der Waals surface area contributed by atoms with Crippen molar-refractivity contribution < 1.29 is 18.0 Å². The van der Waals surface area contributed by atoms with E-state index >= 15 is 0 Å². The fourth-order valence-corrected chi connectivity index (χ4v) is 5.28. The summed E-state index contributed by atoms with van der Waals surface area (Å²) < 4.78 is 22.8. The number of piperidine rings is 1. The number of hydrogen-bond donors (Lipinski definition) is 2. The third-order valence-electron chi connectivity index (χ3n) is 4.91. The van der Waals surface area contributed by atoms with Crippen molar-refractivity contribution in [1.82, 2.24) is 10.2 Å². The second-order valence-electron chi connectivity index (χ2n) is 7.03. The number of hydrogen-bond acceptors (Lipinski definition) is 4. The second-order valence-corrected chi connectivity index (χ2v) is 9.26. The molecule has 1 aromatic rings. The highest BCUT2D eigenvalue weighted by atomic mass is 32.2. The van der Waals surface area contributed by atoms with E-state index in [-0.39, 0.29) is 29.4 Å². The minimum Gasteiger partial charge on any atom is -0.339 e. The molecule has 0 aliphatic carbocycles. The molecule has 2 heterocycles. The zero-order chi connectivity index (χ0) is 18.6. The summed E-state index contributed by atoms with van der Waals surface area (Å²) in [5.74, 6) is 0.354. The molecule has 142 valence electrons. The van der Waals surface area contributed by atoms with Crippen LogP contribution in [0.5, 0.6) is 0 Å². The maximum Gasteiger partial charge on any atom is 0.319 e. The van der Waals surface area contributed by atoms with Crippen LogP contribution in [0, 0.1) is 5.92 Å². The molecule has 0 radical (unpaired) electrons. The van der Waals surface area contributed by atoms with E-state index in [0.717, 1.165) is 25.9 Å². The Balaban J connectivity index is 1.47. The van der Waals surface area contributed by atoms with Crippen molar-refractivity contribution in [3.05, 3.63) is 29.8 Å². The number of urea groups is 1. The van der Waals surface area contributed by atoms with Gasteiger partial charge in [-0.05, 0) is 55.9 Å². The van der Waals surface area contributed by atoms with Crippen molar-refractivity contribution in [2.75, 3.05) is 36.5 Å². The van der Waals surface area contributed by atoms with Crippen LogP contribution in [0.2, 0.25) is 0 Å². The molecule has 3 rings (SSSR count). The Hall–Kier alpha value is -2.09. The molecule has 2 aliphatic rings. The van der Waals surface area contributed by atoms with E-state index in [0.29, 0.717) is 24.2 Å². The van der Waals surface area contributed by atoms with Crippen LogP contribution in [0.4, 0.5) is 10.5 Å². The summed E-state index contributed by atoms with van der Waals surface area (Å²) in [6.07, 6.45) is 3.87. The lowest BCUT2D eigenvalue weighted by Crippen LogP contribution is -2.35. The maximum atomic E-state index is 12.4. The Labute approximate surface area is 154 Å². The topological polar surface area (TPSA) is 95.6 Å². The van der Waals surface area contributed by atoms with Gasteiger partial charge in [-0.3, -0.25) is 4.79 Å². The van der Waals surface area contributed by atoms with E-state index in [1.54, 1.807) is 24.3 Å². The zero-order valence-electron chi connectivity index (χ0n) is 14.7. The van der Waals surface area contributed by atoms with Gasteiger partial charge in [-0.1, -0.05) is 0 Å². The highest BCUT2D eigenvalue weighted by molar-refractivity contribution is 7.91. The largest absolute Gasteiger partial charge is 0.339 e. The van der Waals surface area contributed by atoms with Gasteiger partial charge in [0.15, 0.2) is 9.84 Å². The highest BCUT2D eigenvalue weighted by Crippen LogP contribution is 2.18. The van der Waals surface area contributed by atoms with Gasteiger partial charge >= 0.3 is 6.03 Å². The normalized spacial score (nSPS) is 22.0. The van der Waals surface area contributed by atoms with E-state index in [4.69, 9.17) is 0 Å². The Bertz CT molecular complexity index is 755. The van der Waals surface area contributed by atoms with Crippen LogP contribution in [0.15, 0.2) is 24.3 Å². The van der Waals surface area contributed by atoms with Crippen LogP contribution >= 0.6 is 0 Å². The Morgan fingerprint density at radius 1 is 1.08 bits per heavy atom. The van der Waals surface area contributed by atoms with E-state index in [2.05, 4.69) is 10.6 Å². The molecule has 2 fully saturated rings. The lowest BCUT2D eigenvalue weighted by Gasteiger charge is -2.26. The van der Waals surface area contributed by atoms with Crippen molar-refractivity contribution >= 4 is 27.5 Å². The number of nitrogens with one attached hydrogen (secondary N) is 2. The molecule has 2 saturated heterocycles. The maximum absolute atomic E-state index is 12.4. The van der Waals surface area contributed by atoms with Gasteiger partial charge in [0.05, 0.1) is 11.5 Å². The van der Waals surface area contributed by atoms with E-state index in [9.17, 15) is 18.0 Å². The first-order chi connectivity index (χ1) is 12.4. The molecule has 1 atom stereocenters. The minimum absolute atomic E-state index is 0.0182. The summed E-state index contributed by atoms with van der Waals surface area (Å²) >= 11 is 0. The van der Waals surface area contributed by atoms with Crippen molar-refractivity contribution in [3.63, 3.8) is 0 Å². The summed E-state index contributed by atoms with van der Waals surface area (Å²) in [6, 6.07) is 6.48. The molecule has 0 spiro atoms. The number of sulfone groups is 1. The monoisotopic (exact) mass is 379 g/mol. The predicted octanol–water partition coefficient (Wildman–Crippen LogP) is 1.87. The van der Waals surface area contributed by atoms with E-state index in [1.807, 2.05) is 4.90 Å². The fourth-order valence-electron chi connectivity index (χ4n) is 3.42. The minimum atomic E-state index is -2.93. The van der Waals surface area contributed by atoms with Crippen LogP contribution in [0.25, 0.3) is 0 Å². The Morgan fingerprint density at radius 3 is 2.38 bits per heavy atom. The standard InChI is InChI=1S/C18H25N3O4S/c22-17(21-9-2-1-3-10-21)15-4-6-16(7-5-15)20-18(23)19-12-14-8-11-26(24,25)13-14/h4-7,14H,1-3,8-13H2,(H2,19,20,23)/t14-/m0/s1. The zero-order valence-corrected chi connectivity index (χ0v) is 15.6. The van der Waals surface area contributed by atoms with Gasteiger partial charge in [0.2, 0.25) is 0 Å². The van der Waals surface area contributed by atoms with Gasteiger partial charge in [-0.15, -0.1) is 0 Å². The van der Waals surface area contributed by atoms with Crippen LogP contribution in [-0.2, 0) is 9.84 Å². The lowest BCUT2D eigenvalue weighted by atomic mass is 10.1. The van der Waals surface area contributed by atoms with Crippen molar-refractivity contribution in [1.29, 1.82) is 0 Å². The van der Waals surface area contributed by atoms with Crippen LogP contribution in [0.1, 0.15) is 36.0 Å². The average Bonchev–Trinajstić information content (AvgIpc) is 3.00. The third kappa shape index (κ3) is 4.97. The summed E-state index contributed by atoms with van der Waals surface area (Å²) in [5, 5.41) is 5.42. The predicted molar refractivity (Wildman–Crippen MR) is 100.0 cm³/mol. The summed E-state index contributed by atoms with van der Waals surface area (Å²) in [6.45, 7) is 1.95. The number of amides is 3. The number of likely N-dealkylation sites (tertiary alicyclic amines) is 1. The smallest absolute Gasteiger partial charge is 0.319 e. The van der Waals surface area contributed by atoms with Gasteiger partial charge in [0, 0.05) is 30.9 Å². The average molecular weight is 379 g/mol. The van der Waals surface area contributed by atoms with Gasteiger partial charge in [-0.25, -0.2) is 13.2 Å². The van der Waals surface area contributed by atoms with Crippen LogP contribution in [0.3, 0.4) is 0 Å². The van der Waals surface area contributed by atoms with Gasteiger partial charge in [0.1, 0.15) is 0 Å². The SMILES string of the molecule is O=C(NC[C@@H]1CCS(=O)(=O)C1)Nc1ccc(C(=O)N2CCCCC2)cc1. The van der Waals surface area contributed by atoms with Crippen molar-refractivity contribution in [3.8, 4) is 0 Å². The molecule has 2 aliphatic heterocycles. The number of carbonyl (C=O) groups excluding carboxylic acids is 2. The highest BCUT2D eigenvalue weighted by Gasteiger charge is 2.27. The Morgan fingerprint density at radius 2 is 1.77 bits per heavy atom. The van der Waals surface area contributed by atoms with Crippen LogP contribution in [-0.4, -0.2) is 56.4 Å². The van der Waals surface area contributed by atoms with E-state index in [1.165, 1.54) is 6.42 Å². The van der Waals surface area contributed by atoms with E-state index < -0.39 is 9.84 Å². The molecule has 8 heteroatoms. The molecule has 7 nitrogen and oxygen atoms in total. The fraction of sp³-hybridized carbons (Fsp3) is 0.556. The summed E-state index contributed by atoms with van der Waals surface area (Å²) in [5.41, 5.74) is 1.21. The number of benzene rings is 1. The number of rotatable bonds is 4. The number of anilines is 1. The summed E-state index contributed by atoms with van der Waals surface area (Å²) in [4.78, 5) is 26.2. The second kappa shape index (κ2) is 8.07. The van der Waals surface area contributed by atoms with Gasteiger partial charge in [0.25, 0.3) is 5.91 Å². The first-order valence-corrected chi connectivity index (χ1v) is 10.9. The molecule has 0 bridgehead atoms. The molecule has 0 saturated carbocycles. The van der Waals surface area contributed by atoms with Crippen molar-refractivity contribution in [2.45, 2.75) is 25.7 Å². The van der Waals surface area contributed by atoms with Gasteiger partial charge in [-0.2, -0.15) is 0 Å². The molecule has 3 amide bonds. The number of nitrogens with zero attached hydrogens (tertiary/aromatic N) is 1. The van der Waals surface area contributed by atoms with Crippen molar-refractivity contribution in [2.24, 2.45) is 5.92 Å². The van der Waals surface area contributed by atoms with Crippen LogP contribution < -0.4 is 10.6 Å². The molecule has 2 N–H and O–H groups in total.